The molecule has 1 heterocycles. The maximum absolute atomic E-state index is 6.27. The minimum absolute atomic E-state index is 0.406. The van der Waals surface area contributed by atoms with Gasteiger partial charge >= 0.3 is 0 Å². The van der Waals surface area contributed by atoms with Gasteiger partial charge in [0.2, 0.25) is 0 Å². The molecule has 1 aromatic rings. The van der Waals surface area contributed by atoms with Crippen LogP contribution in [0.4, 0.5) is 5.69 Å². The van der Waals surface area contributed by atoms with E-state index in [1.54, 1.807) is 0 Å². The van der Waals surface area contributed by atoms with Crippen LogP contribution < -0.4 is 5.32 Å². The zero-order valence-electron chi connectivity index (χ0n) is 11.2. The third kappa shape index (κ3) is 3.78. The van der Waals surface area contributed by atoms with Crippen LogP contribution in [0.25, 0.3) is 0 Å². The van der Waals surface area contributed by atoms with Crippen LogP contribution in [0.15, 0.2) is 16.6 Å². The lowest BCUT2D eigenvalue weighted by Crippen LogP contribution is -2.37. The molecule has 2 rings (SSSR count). The van der Waals surface area contributed by atoms with Crippen molar-refractivity contribution in [3.63, 3.8) is 0 Å². The smallest absolute Gasteiger partial charge is 0.0835 e. The van der Waals surface area contributed by atoms with Crippen LogP contribution in [0.2, 0.25) is 10.0 Å². The Morgan fingerprint density at radius 3 is 2.53 bits per heavy atom. The van der Waals surface area contributed by atoms with Crippen LogP contribution >= 0.6 is 39.1 Å². The molecule has 1 aliphatic rings. The highest BCUT2D eigenvalue weighted by Gasteiger charge is 2.23. The van der Waals surface area contributed by atoms with Crippen molar-refractivity contribution < 1.29 is 0 Å². The molecule has 0 spiro atoms. The summed E-state index contributed by atoms with van der Waals surface area (Å²) in [5.74, 6) is 0.690. The number of hydrogen-bond acceptors (Lipinski definition) is 2. The number of nitrogens with one attached hydrogen (secondary N) is 1. The first-order valence-electron chi connectivity index (χ1n) is 6.57. The molecule has 0 radical (unpaired) electrons. The number of halogens is 3. The molecule has 0 aliphatic carbocycles. The predicted octanol–water partition coefficient (Wildman–Crippen LogP) is 4.90. The standard InChI is InChI=1S/C14H19BrCl2N2/c1-9(10-5-7-19(2)8-6-10)18-12-4-3-11(15)13(16)14(12)17/h3-4,9-10,18H,5-8H2,1-2H3. The van der Waals surface area contributed by atoms with E-state index >= 15 is 0 Å². The fourth-order valence-corrected chi connectivity index (χ4v) is 3.36. The lowest BCUT2D eigenvalue weighted by atomic mass is 9.90. The molecule has 5 heteroatoms. The Kier molecular flexibility index (Phi) is 5.41. The third-order valence-electron chi connectivity index (χ3n) is 3.89. The molecule has 1 N–H and O–H groups in total. The number of piperidine rings is 1. The molecule has 0 saturated carbocycles. The van der Waals surface area contributed by atoms with Crippen molar-refractivity contribution in [2.75, 3.05) is 25.5 Å². The zero-order valence-corrected chi connectivity index (χ0v) is 14.3. The van der Waals surface area contributed by atoms with E-state index in [-0.39, 0.29) is 0 Å². The van der Waals surface area contributed by atoms with E-state index in [1.165, 1.54) is 25.9 Å². The van der Waals surface area contributed by atoms with Gasteiger partial charge in [-0.05, 0) is 73.9 Å². The Morgan fingerprint density at radius 1 is 1.26 bits per heavy atom. The Hall–Kier alpha value is 0.0400. The van der Waals surface area contributed by atoms with Gasteiger partial charge in [0.25, 0.3) is 0 Å². The third-order valence-corrected chi connectivity index (χ3v) is 5.66. The average molecular weight is 366 g/mol. The van der Waals surface area contributed by atoms with Crippen molar-refractivity contribution in [3.8, 4) is 0 Å². The number of nitrogens with zero attached hydrogens (tertiary/aromatic N) is 1. The predicted molar refractivity (Wildman–Crippen MR) is 87.5 cm³/mol. The number of anilines is 1. The first-order chi connectivity index (χ1) is 8.99. The molecule has 0 aromatic heterocycles. The highest BCUT2D eigenvalue weighted by atomic mass is 79.9. The van der Waals surface area contributed by atoms with E-state index < -0.39 is 0 Å². The molecule has 1 fully saturated rings. The lowest BCUT2D eigenvalue weighted by Gasteiger charge is -2.33. The zero-order chi connectivity index (χ0) is 14.0. The second-order valence-corrected chi connectivity index (χ2v) is 6.91. The normalized spacial score (nSPS) is 19.4. The van der Waals surface area contributed by atoms with Crippen molar-refractivity contribution in [3.05, 3.63) is 26.7 Å². The summed E-state index contributed by atoms with van der Waals surface area (Å²) in [6, 6.07) is 4.31. The minimum atomic E-state index is 0.406. The molecular formula is C14H19BrCl2N2. The summed E-state index contributed by atoms with van der Waals surface area (Å²) in [5.41, 5.74) is 0.918. The summed E-state index contributed by atoms with van der Waals surface area (Å²) >= 11 is 15.8. The molecule has 2 nitrogen and oxygen atoms in total. The van der Waals surface area contributed by atoms with Gasteiger partial charge in [-0.1, -0.05) is 23.2 Å². The molecule has 1 saturated heterocycles. The molecule has 1 atom stereocenters. The Labute approximate surface area is 133 Å². The summed E-state index contributed by atoms with van der Waals surface area (Å²) in [5, 5.41) is 4.67. The summed E-state index contributed by atoms with van der Waals surface area (Å²) in [6.45, 7) is 4.57. The molecule has 1 unspecified atom stereocenters. The summed E-state index contributed by atoms with van der Waals surface area (Å²) in [4.78, 5) is 2.38. The van der Waals surface area contributed by atoms with Crippen molar-refractivity contribution >= 4 is 44.8 Å². The maximum atomic E-state index is 6.27. The highest BCUT2D eigenvalue weighted by Crippen LogP contribution is 2.36. The van der Waals surface area contributed by atoms with Crippen molar-refractivity contribution in [2.45, 2.75) is 25.8 Å². The minimum Gasteiger partial charge on any atom is -0.381 e. The van der Waals surface area contributed by atoms with Crippen LogP contribution in [-0.4, -0.2) is 31.1 Å². The second kappa shape index (κ2) is 6.66. The fraction of sp³-hybridized carbons (Fsp3) is 0.571. The van der Waals surface area contributed by atoms with Gasteiger partial charge in [0.05, 0.1) is 15.7 Å². The number of rotatable bonds is 3. The Balaban J connectivity index is 2.03. The maximum Gasteiger partial charge on any atom is 0.0835 e. The number of benzene rings is 1. The monoisotopic (exact) mass is 364 g/mol. The molecular weight excluding hydrogens is 347 g/mol. The summed E-state index contributed by atoms with van der Waals surface area (Å²) in [6.07, 6.45) is 2.46. The van der Waals surface area contributed by atoms with Crippen molar-refractivity contribution in [1.82, 2.24) is 4.90 Å². The van der Waals surface area contributed by atoms with Gasteiger partial charge < -0.3 is 10.2 Å². The molecule has 106 valence electrons. The van der Waals surface area contributed by atoms with Crippen LogP contribution in [0.1, 0.15) is 19.8 Å². The average Bonchev–Trinajstić information content (AvgIpc) is 2.40. The Morgan fingerprint density at radius 2 is 1.89 bits per heavy atom. The van der Waals surface area contributed by atoms with E-state index in [9.17, 15) is 0 Å². The van der Waals surface area contributed by atoms with Gasteiger partial charge in [0, 0.05) is 10.5 Å². The van der Waals surface area contributed by atoms with Crippen molar-refractivity contribution in [2.24, 2.45) is 5.92 Å². The van der Waals surface area contributed by atoms with Crippen LogP contribution in [0, 0.1) is 5.92 Å². The van der Waals surface area contributed by atoms with Gasteiger partial charge in [-0.3, -0.25) is 0 Å². The molecule has 0 bridgehead atoms. The van der Waals surface area contributed by atoms with Gasteiger partial charge in [-0.25, -0.2) is 0 Å². The second-order valence-electron chi connectivity index (χ2n) is 5.30. The van der Waals surface area contributed by atoms with E-state index in [1.807, 2.05) is 12.1 Å². The van der Waals surface area contributed by atoms with Gasteiger partial charge in [0.15, 0.2) is 0 Å². The van der Waals surface area contributed by atoms with Gasteiger partial charge in [-0.15, -0.1) is 0 Å². The van der Waals surface area contributed by atoms with E-state index in [2.05, 4.69) is 40.1 Å². The Bertz CT molecular complexity index is 445. The van der Waals surface area contributed by atoms with E-state index in [4.69, 9.17) is 23.2 Å². The van der Waals surface area contributed by atoms with E-state index in [0.29, 0.717) is 22.0 Å². The quantitative estimate of drug-likeness (QED) is 0.766. The summed E-state index contributed by atoms with van der Waals surface area (Å²) < 4.78 is 0.830. The van der Waals surface area contributed by atoms with Gasteiger partial charge in [-0.2, -0.15) is 0 Å². The topological polar surface area (TPSA) is 15.3 Å². The number of likely N-dealkylation sites (tertiary alicyclic amines) is 1. The summed E-state index contributed by atoms with van der Waals surface area (Å²) in [7, 11) is 2.18. The first kappa shape index (κ1) is 15.4. The highest BCUT2D eigenvalue weighted by molar-refractivity contribution is 9.10. The largest absolute Gasteiger partial charge is 0.381 e. The fourth-order valence-electron chi connectivity index (χ4n) is 2.53. The van der Waals surface area contributed by atoms with Crippen LogP contribution in [0.3, 0.4) is 0 Å². The van der Waals surface area contributed by atoms with Crippen LogP contribution in [-0.2, 0) is 0 Å². The molecule has 1 aromatic carbocycles. The van der Waals surface area contributed by atoms with Gasteiger partial charge in [0.1, 0.15) is 0 Å². The molecule has 19 heavy (non-hydrogen) atoms. The molecule has 0 amide bonds. The number of hydrogen-bond donors (Lipinski definition) is 1. The van der Waals surface area contributed by atoms with Crippen LogP contribution in [0.5, 0.6) is 0 Å². The lowest BCUT2D eigenvalue weighted by molar-refractivity contribution is 0.208. The first-order valence-corrected chi connectivity index (χ1v) is 8.12. The molecule has 1 aliphatic heterocycles. The van der Waals surface area contributed by atoms with E-state index in [0.717, 1.165) is 10.2 Å². The van der Waals surface area contributed by atoms with Crippen molar-refractivity contribution in [1.29, 1.82) is 0 Å². The SMILES string of the molecule is CC(Nc1ccc(Br)c(Cl)c1Cl)C1CCN(C)CC1.